The maximum absolute atomic E-state index is 5.95. The van der Waals surface area contributed by atoms with E-state index in [1.807, 2.05) is 0 Å². The van der Waals surface area contributed by atoms with Gasteiger partial charge in [0.25, 0.3) is 0 Å². The van der Waals surface area contributed by atoms with E-state index in [2.05, 4.69) is 31.2 Å². The highest BCUT2D eigenvalue weighted by molar-refractivity contribution is 5.76. The lowest BCUT2D eigenvalue weighted by Crippen LogP contribution is -2.03. The van der Waals surface area contributed by atoms with Gasteiger partial charge in [0, 0.05) is 12.0 Å². The van der Waals surface area contributed by atoms with Crippen LogP contribution in [0.3, 0.4) is 0 Å². The van der Waals surface area contributed by atoms with Crippen molar-refractivity contribution < 1.29 is 9.47 Å². The number of rotatable bonds is 2. The predicted molar refractivity (Wildman–Crippen MR) is 67.5 cm³/mol. The van der Waals surface area contributed by atoms with Crippen molar-refractivity contribution in [1.29, 1.82) is 0 Å². The first-order valence-electron chi connectivity index (χ1n) is 6.48. The zero-order valence-corrected chi connectivity index (χ0v) is 10.2. The van der Waals surface area contributed by atoms with Gasteiger partial charge < -0.3 is 9.47 Å². The van der Waals surface area contributed by atoms with Crippen molar-refractivity contribution in [1.82, 2.24) is 0 Å². The van der Waals surface area contributed by atoms with E-state index in [1.165, 1.54) is 16.7 Å². The molecule has 0 saturated carbocycles. The summed E-state index contributed by atoms with van der Waals surface area (Å²) in [6.45, 7) is 3.79. The summed E-state index contributed by atoms with van der Waals surface area (Å²) in [6.07, 6.45) is 3.26. The molecule has 2 heteroatoms. The van der Waals surface area contributed by atoms with E-state index in [1.54, 1.807) is 0 Å². The zero-order chi connectivity index (χ0) is 11.7. The minimum atomic E-state index is 0.0512. The lowest BCUT2D eigenvalue weighted by Gasteiger charge is -2.13. The van der Waals surface area contributed by atoms with E-state index in [4.69, 9.17) is 9.47 Å². The van der Waals surface area contributed by atoms with Gasteiger partial charge in [-0.2, -0.15) is 0 Å². The van der Waals surface area contributed by atoms with Gasteiger partial charge in [-0.15, -0.1) is 0 Å². The fourth-order valence-corrected chi connectivity index (χ4v) is 2.71. The number of hydrogen-bond donors (Lipinski definition) is 0. The lowest BCUT2D eigenvalue weighted by atomic mass is 10.0. The van der Waals surface area contributed by atoms with Crippen LogP contribution in [0.1, 0.15) is 43.4 Å². The minimum absolute atomic E-state index is 0.0512. The maximum atomic E-state index is 5.95. The molecule has 2 aliphatic rings. The average molecular weight is 230 g/mol. The molecule has 1 aliphatic carbocycles. The Bertz CT molecular complexity index is 448. The molecule has 1 aliphatic heterocycles. The van der Waals surface area contributed by atoms with Gasteiger partial charge in [-0.3, -0.25) is 0 Å². The van der Waals surface area contributed by atoms with Crippen molar-refractivity contribution >= 4 is 5.57 Å². The molecule has 3 rings (SSSR count). The van der Waals surface area contributed by atoms with Crippen molar-refractivity contribution in [2.24, 2.45) is 0 Å². The summed E-state index contributed by atoms with van der Waals surface area (Å²) in [5, 5.41) is 0. The third kappa shape index (κ3) is 1.77. The molecule has 90 valence electrons. The smallest absolute Gasteiger partial charge is 0.140 e. The number of fused-ring (bicyclic) bond motifs is 3. The van der Waals surface area contributed by atoms with Crippen LogP contribution in [0, 0.1) is 0 Å². The maximum Gasteiger partial charge on any atom is 0.140 e. The fraction of sp³-hybridized carbons (Fsp3) is 0.467. The summed E-state index contributed by atoms with van der Waals surface area (Å²) in [7, 11) is 0. The summed E-state index contributed by atoms with van der Waals surface area (Å²) in [4.78, 5) is 0. The van der Waals surface area contributed by atoms with Crippen LogP contribution in [-0.2, 0) is 9.47 Å². The highest BCUT2D eigenvalue weighted by atomic mass is 16.5. The largest absolute Gasteiger partial charge is 0.494 e. The topological polar surface area (TPSA) is 18.5 Å². The van der Waals surface area contributed by atoms with Gasteiger partial charge in [-0.05, 0) is 17.5 Å². The van der Waals surface area contributed by atoms with Crippen molar-refractivity contribution in [2.75, 3.05) is 13.2 Å². The molecule has 0 N–H and O–H groups in total. The van der Waals surface area contributed by atoms with Crippen LogP contribution in [0.5, 0.6) is 0 Å². The quantitative estimate of drug-likeness (QED) is 0.771. The second kappa shape index (κ2) is 4.53. The molecule has 0 aromatic heterocycles. The molecule has 0 bridgehead atoms. The van der Waals surface area contributed by atoms with Crippen LogP contribution in [0.15, 0.2) is 30.0 Å². The van der Waals surface area contributed by atoms with E-state index in [0.29, 0.717) is 0 Å². The first kappa shape index (κ1) is 10.8. The Hall–Kier alpha value is -1.28. The van der Waals surface area contributed by atoms with Gasteiger partial charge in [0.15, 0.2) is 0 Å². The molecular weight excluding hydrogens is 212 g/mol. The number of ether oxygens (including phenoxy) is 2. The van der Waals surface area contributed by atoms with Crippen molar-refractivity contribution in [2.45, 2.75) is 32.3 Å². The monoisotopic (exact) mass is 230 g/mol. The van der Waals surface area contributed by atoms with Crippen LogP contribution in [-0.4, -0.2) is 13.2 Å². The van der Waals surface area contributed by atoms with Crippen LogP contribution < -0.4 is 0 Å². The van der Waals surface area contributed by atoms with Gasteiger partial charge in [-0.25, -0.2) is 0 Å². The minimum Gasteiger partial charge on any atom is -0.494 e. The van der Waals surface area contributed by atoms with Crippen molar-refractivity contribution in [3.63, 3.8) is 0 Å². The highest BCUT2D eigenvalue weighted by Crippen LogP contribution is 2.45. The molecule has 2 nitrogen and oxygen atoms in total. The Morgan fingerprint density at radius 2 is 2.12 bits per heavy atom. The number of allylic oxidation sites excluding steroid dienone is 1. The molecule has 1 unspecified atom stereocenters. The SMILES string of the molecule is CCCC1=C2OCCCOC2c2ccccc21. The third-order valence-corrected chi connectivity index (χ3v) is 3.43. The van der Waals surface area contributed by atoms with E-state index < -0.39 is 0 Å². The Labute approximate surface area is 102 Å². The Balaban J connectivity index is 2.08. The molecule has 17 heavy (non-hydrogen) atoms. The molecular formula is C15H18O2. The molecule has 1 fully saturated rings. The van der Waals surface area contributed by atoms with E-state index in [9.17, 15) is 0 Å². The Morgan fingerprint density at radius 3 is 3.00 bits per heavy atom. The second-order valence-electron chi connectivity index (χ2n) is 4.63. The second-order valence-corrected chi connectivity index (χ2v) is 4.63. The van der Waals surface area contributed by atoms with Crippen LogP contribution in [0.25, 0.3) is 5.57 Å². The summed E-state index contributed by atoms with van der Waals surface area (Å²) in [6, 6.07) is 8.53. The number of hydrogen-bond acceptors (Lipinski definition) is 2. The van der Waals surface area contributed by atoms with Gasteiger partial charge in [0.1, 0.15) is 11.9 Å². The molecule has 0 radical (unpaired) electrons. The molecule has 1 aromatic rings. The third-order valence-electron chi connectivity index (χ3n) is 3.43. The Morgan fingerprint density at radius 1 is 1.24 bits per heavy atom. The predicted octanol–water partition coefficient (Wildman–Crippen LogP) is 3.69. The van der Waals surface area contributed by atoms with Crippen LogP contribution >= 0.6 is 0 Å². The lowest BCUT2D eigenvalue weighted by molar-refractivity contribution is 0.0718. The first-order chi connectivity index (χ1) is 8.42. The molecule has 1 aromatic carbocycles. The van der Waals surface area contributed by atoms with Gasteiger partial charge in [-0.1, -0.05) is 37.6 Å². The molecule has 1 heterocycles. The summed E-state index contributed by atoms with van der Waals surface area (Å²) in [5.41, 5.74) is 3.97. The zero-order valence-electron chi connectivity index (χ0n) is 10.2. The van der Waals surface area contributed by atoms with Crippen LogP contribution in [0.2, 0.25) is 0 Å². The molecule has 0 amide bonds. The number of benzene rings is 1. The summed E-state index contributed by atoms with van der Waals surface area (Å²) < 4.78 is 11.9. The summed E-state index contributed by atoms with van der Waals surface area (Å²) in [5.74, 6) is 1.07. The fourth-order valence-electron chi connectivity index (χ4n) is 2.71. The normalized spacial score (nSPS) is 22.8. The van der Waals surface area contributed by atoms with Gasteiger partial charge in [0.05, 0.1) is 13.2 Å². The molecule has 1 atom stereocenters. The standard InChI is InChI=1S/C15H18O2/c1-2-6-12-11-7-3-4-8-13(11)15-14(12)16-9-5-10-17-15/h3-4,7-8,15H,2,5-6,9-10H2,1H3. The van der Waals surface area contributed by atoms with E-state index in [0.717, 1.165) is 38.2 Å². The summed E-state index contributed by atoms with van der Waals surface area (Å²) >= 11 is 0. The Kier molecular flexibility index (Phi) is 2.89. The molecule has 1 saturated heterocycles. The molecule has 0 spiro atoms. The van der Waals surface area contributed by atoms with E-state index in [-0.39, 0.29) is 6.10 Å². The van der Waals surface area contributed by atoms with Crippen LogP contribution in [0.4, 0.5) is 0 Å². The highest BCUT2D eigenvalue weighted by Gasteiger charge is 2.33. The van der Waals surface area contributed by atoms with Gasteiger partial charge >= 0.3 is 0 Å². The van der Waals surface area contributed by atoms with Crippen molar-refractivity contribution in [3.8, 4) is 0 Å². The van der Waals surface area contributed by atoms with Gasteiger partial charge in [0.2, 0.25) is 0 Å². The average Bonchev–Trinajstić information content (AvgIpc) is 2.55. The van der Waals surface area contributed by atoms with Crippen molar-refractivity contribution in [3.05, 3.63) is 41.2 Å². The van der Waals surface area contributed by atoms with E-state index >= 15 is 0 Å². The first-order valence-corrected chi connectivity index (χ1v) is 6.48.